The van der Waals surface area contributed by atoms with Gasteiger partial charge >= 0.3 is 0 Å². The van der Waals surface area contributed by atoms with Gasteiger partial charge in [0.25, 0.3) is 12.3 Å². The van der Waals surface area contributed by atoms with Crippen LogP contribution in [0, 0.1) is 0 Å². The summed E-state index contributed by atoms with van der Waals surface area (Å²) in [6, 6.07) is 12.9. The van der Waals surface area contributed by atoms with Gasteiger partial charge in [0.2, 0.25) is 0 Å². The molecule has 0 aliphatic rings. The van der Waals surface area contributed by atoms with E-state index in [1.165, 1.54) is 18.2 Å². The van der Waals surface area contributed by atoms with Crippen molar-refractivity contribution in [3.63, 3.8) is 0 Å². The summed E-state index contributed by atoms with van der Waals surface area (Å²) in [6.45, 7) is 1.83. The quantitative estimate of drug-likeness (QED) is 0.853. The zero-order valence-corrected chi connectivity index (χ0v) is 12.8. The summed E-state index contributed by atoms with van der Waals surface area (Å²) in [5, 5.41) is 3.39. The Hall–Kier alpha value is -1.94. The van der Waals surface area contributed by atoms with Crippen molar-refractivity contribution >= 4 is 17.5 Å². The number of hydrogen-bond acceptors (Lipinski definition) is 1. The average Bonchev–Trinajstić information content (AvgIpc) is 2.49. The third kappa shape index (κ3) is 4.28. The van der Waals surface area contributed by atoms with Crippen LogP contribution in [-0.4, -0.2) is 11.9 Å². The van der Waals surface area contributed by atoms with E-state index >= 15 is 0 Å². The van der Waals surface area contributed by atoms with Crippen LogP contribution in [0.3, 0.4) is 0 Å². The van der Waals surface area contributed by atoms with Gasteiger partial charge in [0, 0.05) is 22.2 Å². The van der Waals surface area contributed by atoms with E-state index in [1.54, 1.807) is 18.2 Å². The Bertz CT molecular complexity index is 643. The number of rotatable bonds is 5. The molecule has 2 aromatic rings. The highest BCUT2D eigenvalue weighted by Crippen LogP contribution is 2.22. The lowest BCUT2D eigenvalue weighted by molar-refractivity contribution is 0.0926. The first kappa shape index (κ1) is 16.4. The SMILES string of the molecule is CC(Cc1ccc(Cl)cc1)NC(=O)c1ccccc1C(F)F. The average molecular weight is 324 g/mol. The lowest BCUT2D eigenvalue weighted by Crippen LogP contribution is -2.34. The van der Waals surface area contributed by atoms with Gasteiger partial charge in [-0.15, -0.1) is 0 Å². The number of hydrogen-bond donors (Lipinski definition) is 1. The van der Waals surface area contributed by atoms with Gasteiger partial charge < -0.3 is 5.32 Å². The standard InChI is InChI=1S/C17H16ClF2NO/c1-11(10-12-6-8-13(18)9-7-12)21-17(22)15-5-3-2-4-14(15)16(19)20/h2-9,11,16H,10H2,1H3,(H,21,22). The number of alkyl halides is 2. The molecule has 2 nitrogen and oxygen atoms in total. The fourth-order valence-electron chi connectivity index (χ4n) is 2.22. The fraction of sp³-hybridized carbons (Fsp3) is 0.235. The van der Waals surface area contributed by atoms with Gasteiger partial charge in [-0.3, -0.25) is 4.79 Å². The molecule has 0 bridgehead atoms. The zero-order chi connectivity index (χ0) is 16.1. The Labute approximate surface area is 133 Å². The predicted molar refractivity (Wildman–Crippen MR) is 83.5 cm³/mol. The van der Waals surface area contributed by atoms with E-state index in [2.05, 4.69) is 5.32 Å². The molecule has 1 atom stereocenters. The Kier molecular flexibility index (Phi) is 5.50. The number of carbonyl (C=O) groups is 1. The van der Waals surface area contributed by atoms with Crippen LogP contribution in [0.25, 0.3) is 0 Å². The molecule has 1 N–H and O–H groups in total. The Morgan fingerprint density at radius 3 is 2.41 bits per heavy atom. The molecule has 0 fully saturated rings. The van der Waals surface area contributed by atoms with Gasteiger partial charge in [-0.1, -0.05) is 41.9 Å². The molecule has 0 radical (unpaired) electrons. The highest BCUT2D eigenvalue weighted by molar-refractivity contribution is 6.30. The number of carbonyl (C=O) groups excluding carboxylic acids is 1. The molecule has 2 rings (SSSR count). The third-order valence-corrected chi connectivity index (χ3v) is 3.53. The summed E-state index contributed by atoms with van der Waals surface area (Å²) in [4.78, 5) is 12.2. The van der Waals surface area contributed by atoms with Gasteiger partial charge in [0.15, 0.2) is 0 Å². The second kappa shape index (κ2) is 7.36. The number of benzene rings is 2. The summed E-state index contributed by atoms with van der Waals surface area (Å²) in [5.41, 5.74) is 0.776. The van der Waals surface area contributed by atoms with E-state index in [9.17, 15) is 13.6 Å². The molecular formula is C17H16ClF2NO. The van der Waals surface area contributed by atoms with Gasteiger partial charge in [-0.2, -0.15) is 0 Å². The largest absolute Gasteiger partial charge is 0.349 e. The summed E-state index contributed by atoms with van der Waals surface area (Å²) >= 11 is 5.82. The predicted octanol–water partition coefficient (Wildman–Crippen LogP) is 4.64. The van der Waals surface area contributed by atoms with Gasteiger partial charge in [0.1, 0.15) is 0 Å². The molecule has 5 heteroatoms. The van der Waals surface area contributed by atoms with Crippen LogP contribution in [-0.2, 0) is 6.42 Å². The van der Waals surface area contributed by atoms with Crippen molar-refractivity contribution in [3.8, 4) is 0 Å². The molecule has 0 aliphatic carbocycles. The maximum atomic E-state index is 12.9. The van der Waals surface area contributed by atoms with Gasteiger partial charge in [0.05, 0.1) is 0 Å². The molecule has 0 aromatic heterocycles. The number of amides is 1. The fourth-order valence-corrected chi connectivity index (χ4v) is 2.35. The molecule has 0 saturated carbocycles. The van der Waals surface area contributed by atoms with Crippen LogP contribution in [0.4, 0.5) is 8.78 Å². The van der Waals surface area contributed by atoms with E-state index in [-0.39, 0.29) is 17.2 Å². The van der Waals surface area contributed by atoms with Crippen LogP contribution in [0.1, 0.15) is 34.8 Å². The van der Waals surface area contributed by atoms with Crippen molar-refractivity contribution < 1.29 is 13.6 Å². The maximum Gasteiger partial charge on any atom is 0.264 e. The smallest absolute Gasteiger partial charge is 0.264 e. The number of nitrogens with one attached hydrogen (secondary N) is 1. The minimum atomic E-state index is -2.67. The first-order valence-corrected chi connectivity index (χ1v) is 7.27. The van der Waals surface area contributed by atoms with E-state index in [0.29, 0.717) is 11.4 Å². The zero-order valence-electron chi connectivity index (χ0n) is 12.0. The molecule has 2 aromatic carbocycles. The molecule has 0 saturated heterocycles. The monoisotopic (exact) mass is 323 g/mol. The molecule has 22 heavy (non-hydrogen) atoms. The Balaban J connectivity index is 2.04. The normalized spacial score (nSPS) is 12.2. The minimum absolute atomic E-state index is 0.0143. The molecule has 0 spiro atoms. The lowest BCUT2D eigenvalue weighted by Gasteiger charge is -2.15. The Morgan fingerprint density at radius 1 is 1.14 bits per heavy atom. The number of halogens is 3. The lowest BCUT2D eigenvalue weighted by atomic mass is 10.0. The summed E-state index contributed by atoms with van der Waals surface area (Å²) in [7, 11) is 0. The summed E-state index contributed by atoms with van der Waals surface area (Å²) < 4.78 is 25.8. The van der Waals surface area contributed by atoms with Crippen LogP contribution < -0.4 is 5.32 Å². The van der Waals surface area contributed by atoms with Crippen molar-refractivity contribution in [1.29, 1.82) is 0 Å². The van der Waals surface area contributed by atoms with Crippen LogP contribution in [0.15, 0.2) is 48.5 Å². The first-order valence-electron chi connectivity index (χ1n) is 6.89. The molecule has 1 amide bonds. The molecule has 0 heterocycles. The molecule has 1 unspecified atom stereocenters. The van der Waals surface area contributed by atoms with E-state index in [4.69, 9.17) is 11.6 Å². The van der Waals surface area contributed by atoms with Gasteiger partial charge in [-0.05, 0) is 37.1 Å². The summed E-state index contributed by atoms with van der Waals surface area (Å²) in [5.74, 6) is -0.489. The highest BCUT2D eigenvalue weighted by Gasteiger charge is 2.18. The van der Waals surface area contributed by atoms with Crippen molar-refractivity contribution in [1.82, 2.24) is 5.32 Å². The third-order valence-electron chi connectivity index (χ3n) is 3.27. The second-order valence-corrected chi connectivity index (χ2v) is 5.53. The van der Waals surface area contributed by atoms with Crippen LogP contribution >= 0.6 is 11.6 Å². The van der Waals surface area contributed by atoms with Crippen molar-refractivity contribution in [3.05, 3.63) is 70.2 Å². The van der Waals surface area contributed by atoms with Crippen LogP contribution in [0.5, 0.6) is 0 Å². The van der Waals surface area contributed by atoms with Crippen molar-refractivity contribution in [2.45, 2.75) is 25.8 Å². The van der Waals surface area contributed by atoms with E-state index in [0.717, 1.165) is 5.56 Å². The molecule has 116 valence electrons. The second-order valence-electron chi connectivity index (χ2n) is 5.09. The van der Waals surface area contributed by atoms with E-state index < -0.39 is 12.3 Å². The highest BCUT2D eigenvalue weighted by atomic mass is 35.5. The Morgan fingerprint density at radius 2 is 1.77 bits per heavy atom. The van der Waals surface area contributed by atoms with Crippen molar-refractivity contribution in [2.75, 3.05) is 0 Å². The van der Waals surface area contributed by atoms with Crippen LogP contribution in [0.2, 0.25) is 5.02 Å². The minimum Gasteiger partial charge on any atom is -0.349 e. The molecular weight excluding hydrogens is 308 g/mol. The van der Waals surface area contributed by atoms with Gasteiger partial charge in [-0.25, -0.2) is 8.78 Å². The first-order chi connectivity index (χ1) is 10.5. The maximum absolute atomic E-state index is 12.9. The topological polar surface area (TPSA) is 29.1 Å². The summed E-state index contributed by atoms with van der Waals surface area (Å²) in [6.07, 6.45) is -2.08. The van der Waals surface area contributed by atoms with Crippen molar-refractivity contribution in [2.24, 2.45) is 0 Å². The van der Waals surface area contributed by atoms with E-state index in [1.807, 2.05) is 19.1 Å². The molecule has 0 aliphatic heterocycles.